The summed E-state index contributed by atoms with van der Waals surface area (Å²) in [5, 5.41) is 17.2. The maximum Gasteiger partial charge on any atom is 0.257 e. The van der Waals surface area contributed by atoms with Gasteiger partial charge in [-0.15, -0.1) is 11.3 Å². The predicted molar refractivity (Wildman–Crippen MR) is 144 cm³/mol. The molecular formula is C30H34N2O4S. The number of anilines is 1. The highest BCUT2D eigenvalue weighted by atomic mass is 32.1. The fourth-order valence-corrected chi connectivity index (χ4v) is 9.01. The van der Waals surface area contributed by atoms with Crippen LogP contribution in [0.25, 0.3) is 0 Å². The molecule has 1 aromatic heterocycles. The number of ketones is 1. The van der Waals surface area contributed by atoms with Gasteiger partial charge >= 0.3 is 0 Å². The summed E-state index contributed by atoms with van der Waals surface area (Å²) in [7, 11) is 1.58. The van der Waals surface area contributed by atoms with Gasteiger partial charge in [0, 0.05) is 28.2 Å². The van der Waals surface area contributed by atoms with Crippen molar-refractivity contribution < 1.29 is 19.4 Å². The van der Waals surface area contributed by atoms with Gasteiger partial charge < -0.3 is 9.84 Å². The lowest BCUT2D eigenvalue weighted by molar-refractivity contribution is -0.115. The second-order valence-electron chi connectivity index (χ2n) is 11.7. The van der Waals surface area contributed by atoms with Gasteiger partial charge in [-0.25, -0.2) is 4.98 Å². The first-order valence-electron chi connectivity index (χ1n) is 13.3. The predicted octanol–water partition coefficient (Wildman–Crippen LogP) is 5.77. The Balaban J connectivity index is 1.23. The van der Waals surface area contributed by atoms with E-state index >= 15 is 0 Å². The summed E-state index contributed by atoms with van der Waals surface area (Å²) in [5.41, 5.74) is 2.45. The first-order valence-corrected chi connectivity index (χ1v) is 14.1. The van der Waals surface area contributed by atoms with Crippen LogP contribution >= 0.6 is 11.3 Å². The highest BCUT2D eigenvalue weighted by molar-refractivity contribution is 7.14. The Labute approximate surface area is 221 Å². The Morgan fingerprint density at radius 2 is 2.08 bits per heavy atom. The number of hydrogen-bond acceptors (Lipinski definition) is 6. The molecule has 37 heavy (non-hydrogen) atoms. The summed E-state index contributed by atoms with van der Waals surface area (Å²) >= 11 is 1.46. The van der Waals surface area contributed by atoms with Gasteiger partial charge in [-0.1, -0.05) is 31.6 Å². The molecule has 1 heterocycles. The van der Waals surface area contributed by atoms with Crippen LogP contribution < -0.4 is 10.1 Å². The van der Waals surface area contributed by atoms with Gasteiger partial charge in [-0.3, -0.25) is 14.9 Å². The molecule has 0 saturated heterocycles. The lowest BCUT2D eigenvalue weighted by Crippen LogP contribution is -2.55. The zero-order valence-corrected chi connectivity index (χ0v) is 22.4. The lowest BCUT2D eigenvalue weighted by Gasteiger charge is -2.58. The number of fused-ring (bicyclic) bond motifs is 5. The number of methoxy groups -OCH3 is 1. The van der Waals surface area contributed by atoms with Gasteiger partial charge in [-0.2, -0.15) is 0 Å². The molecule has 2 aromatic rings. The minimum Gasteiger partial charge on any atom is -0.497 e. The van der Waals surface area contributed by atoms with Crippen molar-refractivity contribution in [3.63, 3.8) is 0 Å². The number of carbonyl (C=O) groups is 2. The maximum atomic E-state index is 12.8. The molecule has 0 spiro atoms. The summed E-state index contributed by atoms with van der Waals surface area (Å²) in [6, 6.07) is 7.09. The third-order valence-electron chi connectivity index (χ3n) is 9.92. The van der Waals surface area contributed by atoms with E-state index in [9.17, 15) is 14.7 Å². The SMILES string of the molecule is COc1cccc(C(=O)Nc2nc(C3CCC4C5CCC6=CC(=O)C=CC6(C)C5C(O)CC34C)cs2)c1. The molecule has 194 valence electrons. The maximum absolute atomic E-state index is 12.8. The molecule has 4 aliphatic rings. The second-order valence-corrected chi connectivity index (χ2v) is 12.6. The van der Waals surface area contributed by atoms with E-state index in [4.69, 9.17) is 9.72 Å². The van der Waals surface area contributed by atoms with Crippen molar-refractivity contribution in [3.05, 3.63) is 64.7 Å². The molecule has 7 unspecified atom stereocenters. The van der Waals surface area contributed by atoms with Gasteiger partial charge in [0.05, 0.1) is 18.9 Å². The van der Waals surface area contributed by atoms with E-state index in [0.29, 0.717) is 28.3 Å². The van der Waals surface area contributed by atoms with Crippen molar-refractivity contribution >= 4 is 28.2 Å². The van der Waals surface area contributed by atoms with Crippen molar-refractivity contribution in [3.8, 4) is 5.75 Å². The third-order valence-corrected chi connectivity index (χ3v) is 10.7. The Morgan fingerprint density at radius 1 is 1.24 bits per heavy atom. The number of ether oxygens (including phenoxy) is 1. The number of benzene rings is 1. The number of rotatable bonds is 4. The number of aliphatic hydroxyl groups excluding tert-OH is 1. The van der Waals surface area contributed by atoms with Gasteiger partial charge in [-0.05, 0) is 79.7 Å². The molecule has 1 amide bonds. The Bertz CT molecular complexity index is 1310. The van der Waals surface area contributed by atoms with Crippen LogP contribution in [0.5, 0.6) is 5.75 Å². The Hall–Kier alpha value is -2.77. The van der Waals surface area contributed by atoms with E-state index in [1.807, 2.05) is 12.1 Å². The summed E-state index contributed by atoms with van der Waals surface area (Å²) in [4.78, 5) is 29.7. The van der Waals surface area contributed by atoms with Crippen molar-refractivity contribution in [1.82, 2.24) is 4.98 Å². The van der Waals surface area contributed by atoms with Crippen LogP contribution in [0.1, 0.15) is 67.9 Å². The van der Waals surface area contributed by atoms with Crippen molar-refractivity contribution in [2.24, 2.45) is 28.6 Å². The first-order chi connectivity index (χ1) is 17.7. The van der Waals surface area contributed by atoms with Crippen LogP contribution in [-0.2, 0) is 4.79 Å². The zero-order chi connectivity index (χ0) is 25.9. The molecule has 0 bridgehead atoms. The van der Waals surface area contributed by atoms with Crippen LogP contribution in [0.4, 0.5) is 5.13 Å². The van der Waals surface area contributed by atoms with E-state index in [1.165, 1.54) is 16.9 Å². The van der Waals surface area contributed by atoms with Crippen LogP contribution in [-0.4, -0.2) is 35.0 Å². The zero-order valence-electron chi connectivity index (χ0n) is 21.6. The molecule has 7 heteroatoms. The number of thiazole rings is 1. The molecule has 0 aliphatic heterocycles. The van der Waals surface area contributed by atoms with Crippen molar-refractivity contribution in [2.45, 2.75) is 58.0 Å². The van der Waals surface area contributed by atoms with Crippen LogP contribution in [0.3, 0.4) is 0 Å². The number of aliphatic hydroxyl groups is 1. The minimum absolute atomic E-state index is 0.0471. The van der Waals surface area contributed by atoms with Gasteiger partial charge in [0.1, 0.15) is 5.75 Å². The number of aromatic nitrogens is 1. The number of amides is 1. The summed E-state index contributed by atoms with van der Waals surface area (Å²) < 4.78 is 5.24. The Kier molecular flexibility index (Phi) is 5.92. The first kappa shape index (κ1) is 24.6. The van der Waals surface area contributed by atoms with Gasteiger partial charge in [0.15, 0.2) is 10.9 Å². The third kappa shape index (κ3) is 3.89. The molecule has 0 radical (unpaired) electrons. The van der Waals surface area contributed by atoms with E-state index < -0.39 is 6.10 Å². The number of allylic oxidation sites excluding steroid dienone is 4. The van der Waals surface area contributed by atoms with Gasteiger partial charge in [0.2, 0.25) is 0 Å². The second kappa shape index (κ2) is 8.91. The van der Waals surface area contributed by atoms with E-state index in [-0.39, 0.29) is 34.4 Å². The Morgan fingerprint density at radius 3 is 2.89 bits per heavy atom. The van der Waals surface area contributed by atoms with Gasteiger partial charge in [0.25, 0.3) is 5.91 Å². The highest BCUT2D eigenvalue weighted by Crippen LogP contribution is 2.67. The topological polar surface area (TPSA) is 88.5 Å². The molecule has 6 nitrogen and oxygen atoms in total. The normalized spacial score (nSPS) is 36.3. The van der Waals surface area contributed by atoms with Crippen molar-refractivity contribution in [2.75, 3.05) is 12.4 Å². The molecule has 3 fully saturated rings. The molecule has 4 aliphatic carbocycles. The number of carbonyl (C=O) groups excluding carboxylic acids is 2. The number of nitrogens with one attached hydrogen (secondary N) is 1. The molecule has 2 N–H and O–H groups in total. The molecule has 1 aromatic carbocycles. The molecule has 7 atom stereocenters. The quantitative estimate of drug-likeness (QED) is 0.537. The summed E-state index contributed by atoms with van der Waals surface area (Å²) in [5.74, 6) is 1.82. The smallest absolute Gasteiger partial charge is 0.257 e. The van der Waals surface area contributed by atoms with Crippen LogP contribution in [0.2, 0.25) is 0 Å². The fraction of sp³-hybridized carbons (Fsp3) is 0.500. The molecular weight excluding hydrogens is 484 g/mol. The fourth-order valence-electron chi connectivity index (χ4n) is 8.25. The largest absolute Gasteiger partial charge is 0.497 e. The molecule has 6 rings (SSSR count). The molecule has 3 saturated carbocycles. The minimum atomic E-state index is -0.427. The van der Waals surface area contributed by atoms with E-state index in [0.717, 1.165) is 37.8 Å². The van der Waals surface area contributed by atoms with E-state index in [2.05, 4.69) is 30.6 Å². The summed E-state index contributed by atoms with van der Waals surface area (Å²) in [6.45, 7) is 4.56. The number of nitrogens with zero attached hydrogens (tertiary/aromatic N) is 1. The van der Waals surface area contributed by atoms with Crippen molar-refractivity contribution in [1.29, 1.82) is 0 Å². The van der Waals surface area contributed by atoms with Crippen LogP contribution in [0, 0.1) is 28.6 Å². The highest BCUT2D eigenvalue weighted by Gasteiger charge is 2.62. The standard InChI is InChI=1S/C30H34N2O4S/c1-29-12-11-19(33)14-18(29)7-8-21-22-9-10-23(30(22,2)15-25(34)26(21)29)24-16-37-28(31-24)32-27(35)17-5-4-6-20(13-17)36-3/h4-6,11-14,16,21-23,25-26,34H,7-10,15H2,1-3H3,(H,31,32,35). The average Bonchev–Trinajstić information content (AvgIpc) is 3.47. The monoisotopic (exact) mass is 518 g/mol. The average molecular weight is 519 g/mol. The number of hydrogen-bond donors (Lipinski definition) is 2. The summed E-state index contributed by atoms with van der Waals surface area (Å²) in [6.07, 6.45) is 9.99. The van der Waals surface area contributed by atoms with E-state index in [1.54, 1.807) is 31.4 Å². The lowest BCUT2D eigenvalue weighted by atomic mass is 9.47. The van der Waals surface area contributed by atoms with Crippen LogP contribution in [0.15, 0.2) is 53.4 Å².